The third kappa shape index (κ3) is 2.10. The zero-order valence-electron chi connectivity index (χ0n) is 10.5. The highest BCUT2D eigenvalue weighted by molar-refractivity contribution is 5.96. The van der Waals surface area contributed by atoms with Crippen molar-refractivity contribution < 1.29 is 19.2 Å². The van der Waals surface area contributed by atoms with Crippen molar-refractivity contribution in [2.45, 2.75) is 26.7 Å². The van der Waals surface area contributed by atoms with Crippen molar-refractivity contribution in [3.8, 4) is 0 Å². The molecule has 1 aromatic rings. The number of likely N-dealkylation sites (tertiary alicyclic amines) is 1. The molecule has 1 atom stereocenters. The molecule has 1 N–H and O–H groups in total. The first-order valence-corrected chi connectivity index (χ1v) is 6.01. The van der Waals surface area contributed by atoms with Crippen LogP contribution in [0.15, 0.2) is 4.52 Å². The van der Waals surface area contributed by atoms with E-state index in [2.05, 4.69) is 5.16 Å². The Bertz CT molecular complexity index is 480. The first-order valence-electron chi connectivity index (χ1n) is 6.01. The molecule has 1 aliphatic rings. The quantitative estimate of drug-likeness (QED) is 0.870. The average molecular weight is 252 g/mol. The van der Waals surface area contributed by atoms with Gasteiger partial charge in [-0.25, -0.2) is 0 Å². The van der Waals surface area contributed by atoms with Crippen LogP contribution in [0.1, 0.15) is 35.2 Å². The second kappa shape index (κ2) is 4.80. The molecule has 6 nitrogen and oxygen atoms in total. The molecule has 0 aliphatic carbocycles. The maximum atomic E-state index is 12.3. The second-order valence-corrected chi connectivity index (χ2v) is 4.49. The van der Waals surface area contributed by atoms with Gasteiger partial charge in [0.2, 0.25) is 0 Å². The van der Waals surface area contributed by atoms with Gasteiger partial charge in [0.15, 0.2) is 0 Å². The molecule has 98 valence electrons. The smallest absolute Gasteiger partial charge is 0.308 e. The van der Waals surface area contributed by atoms with E-state index in [1.807, 2.05) is 6.92 Å². The summed E-state index contributed by atoms with van der Waals surface area (Å²) in [7, 11) is 0. The fourth-order valence-electron chi connectivity index (χ4n) is 2.24. The Morgan fingerprint density at radius 2 is 2.28 bits per heavy atom. The van der Waals surface area contributed by atoms with E-state index >= 15 is 0 Å². The highest BCUT2D eigenvalue weighted by Crippen LogP contribution is 2.22. The minimum atomic E-state index is -0.844. The minimum Gasteiger partial charge on any atom is -0.481 e. The summed E-state index contributed by atoms with van der Waals surface area (Å²) in [6.45, 7) is 4.34. The SMILES string of the molecule is CCc1noc(C)c1C(=O)N1CCC(C(=O)O)C1. The van der Waals surface area contributed by atoms with Gasteiger partial charge in [-0.05, 0) is 19.8 Å². The lowest BCUT2D eigenvalue weighted by Gasteiger charge is -2.15. The molecule has 0 spiro atoms. The minimum absolute atomic E-state index is 0.172. The number of hydrogen-bond acceptors (Lipinski definition) is 4. The normalized spacial score (nSPS) is 19.2. The van der Waals surface area contributed by atoms with Gasteiger partial charge in [-0.1, -0.05) is 12.1 Å². The van der Waals surface area contributed by atoms with E-state index in [9.17, 15) is 9.59 Å². The molecular formula is C12H16N2O4. The van der Waals surface area contributed by atoms with E-state index in [4.69, 9.17) is 9.63 Å². The van der Waals surface area contributed by atoms with Crippen LogP contribution in [0.5, 0.6) is 0 Å². The van der Waals surface area contributed by atoms with Gasteiger partial charge in [-0.3, -0.25) is 9.59 Å². The van der Waals surface area contributed by atoms with E-state index in [0.717, 1.165) is 0 Å². The summed E-state index contributed by atoms with van der Waals surface area (Å²) in [4.78, 5) is 24.8. The van der Waals surface area contributed by atoms with Crippen LogP contribution in [0, 0.1) is 12.8 Å². The molecule has 0 aromatic carbocycles. The lowest BCUT2D eigenvalue weighted by molar-refractivity contribution is -0.141. The third-order valence-corrected chi connectivity index (χ3v) is 3.31. The Morgan fingerprint density at radius 3 is 2.83 bits per heavy atom. The Hall–Kier alpha value is -1.85. The fourth-order valence-corrected chi connectivity index (χ4v) is 2.24. The third-order valence-electron chi connectivity index (χ3n) is 3.31. The number of aliphatic carboxylic acids is 1. The van der Waals surface area contributed by atoms with Crippen LogP contribution in [0.2, 0.25) is 0 Å². The number of rotatable bonds is 3. The molecule has 0 bridgehead atoms. The second-order valence-electron chi connectivity index (χ2n) is 4.49. The Labute approximate surface area is 105 Å². The van der Waals surface area contributed by atoms with E-state index in [1.165, 1.54) is 0 Å². The highest BCUT2D eigenvalue weighted by Gasteiger charge is 2.33. The van der Waals surface area contributed by atoms with E-state index in [-0.39, 0.29) is 12.5 Å². The van der Waals surface area contributed by atoms with Crippen molar-refractivity contribution in [1.29, 1.82) is 0 Å². The van der Waals surface area contributed by atoms with Gasteiger partial charge in [0, 0.05) is 13.1 Å². The molecule has 18 heavy (non-hydrogen) atoms. The summed E-state index contributed by atoms with van der Waals surface area (Å²) in [6.07, 6.45) is 1.13. The van der Waals surface area contributed by atoms with Crippen LogP contribution in [0.4, 0.5) is 0 Å². The summed E-state index contributed by atoms with van der Waals surface area (Å²) in [5.74, 6) is -0.979. The van der Waals surface area contributed by atoms with Gasteiger partial charge in [0.05, 0.1) is 11.6 Å². The summed E-state index contributed by atoms with van der Waals surface area (Å²) in [6, 6.07) is 0. The summed E-state index contributed by atoms with van der Waals surface area (Å²) < 4.78 is 5.03. The molecule has 6 heteroatoms. The lowest BCUT2D eigenvalue weighted by Crippen LogP contribution is -2.30. The number of aryl methyl sites for hydroxylation is 2. The van der Waals surface area contributed by atoms with Crippen LogP contribution in [-0.4, -0.2) is 40.1 Å². The summed E-state index contributed by atoms with van der Waals surface area (Å²) >= 11 is 0. The molecule has 1 unspecified atom stereocenters. The zero-order valence-corrected chi connectivity index (χ0v) is 10.5. The first-order chi connectivity index (χ1) is 8.54. The summed E-state index contributed by atoms with van der Waals surface area (Å²) in [5, 5.41) is 12.8. The van der Waals surface area contributed by atoms with Crippen molar-refractivity contribution in [1.82, 2.24) is 10.1 Å². The van der Waals surface area contributed by atoms with Gasteiger partial charge < -0.3 is 14.5 Å². The molecule has 0 saturated carbocycles. The standard InChI is InChI=1S/C12H16N2O4/c1-3-9-10(7(2)18-13-9)11(15)14-5-4-8(6-14)12(16)17/h8H,3-6H2,1-2H3,(H,16,17). The number of aromatic nitrogens is 1. The van der Waals surface area contributed by atoms with Gasteiger partial charge in [-0.2, -0.15) is 0 Å². The van der Waals surface area contributed by atoms with E-state index in [1.54, 1.807) is 11.8 Å². The monoisotopic (exact) mass is 252 g/mol. The molecule has 1 amide bonds. The predicted octanol–water partition coefficient (Wildman–Crippen LogP) is 1.09. The highest BCUT2D eigenvalue weighted by atomic mass is 16.5. The topological polar surface area (TPSA) is 83.6 Å². The molecular weight excluding hydrogens is 236 g/mol. The first kappa shape index (κ1) is 12.6. The van der Waals surface area contributed by atoms with E-state index < -0.39 is 11.9 Å². The van der Waals surface area contributed by atoms with Crippen LogP contribution < -0.4 is 0 Å². The Balaban J connectivity index is 2.17. The van der Waals surface area contributed by atoms with Crippen LogP contribution in [-0.2, 0) is 11.2 Å². The summed E-state index contributed by atoms with van der Waals surface area (Å²) in [5.41, 5.74) is 1.12. The predicted molar refractivity (Wildman–Crippen MR) is 62.3 cm³/mol. The number of carbonyl (C=O) groups excluding carboxylic acids is 1. The Morgan fingerprint density at radius 1 is 1.56 bits per heavy atom. The van der Waals surface area contributed by atoms with Crippen LogP contribution in [0.3, 0.4) is 0 Å². The molecule has 2 rings (SSSR count). The van der Waals surface area contributed by atoms with Crippen molar-refractivity contribution in [2.24, 2.45) is 5.92 Å². The number of carboxylic acid groups (broad SMARTS) is 1. The van der Waals surface area contributed by atoms with Crippen molar-refractivity contribution >= 4 is 11.9 Å². The molecule has 1 saturated heterocycles. The van der Waals surface area contributed by atoms with Gasteiger partial charge in [0.1, 0.15) is 11.3 Å². The molecule has 1 aliphatic heterocycles. The van der Waals surface area contributed by atoms with Crippen LogP contribution in [0.25, 0.3) is 0 Å². The van der Waals surface area contributed by atoms with Crippen molar-refractivity contribution in [3.63, 3.8) is 0 Å². The maximum absolute atomic E-state index is 12.3. The number of amides is 1. The van der Waals surface area contributed by atoms with Gasteiger partial charge in [0.25, 0.3) is 5.91 Å². The van der Waals surface area contributed by atoms with E-state index in [0.29, 0.717) is 36.4 Å². The van der Waals surface area contributed by atoms with Gasteiger partial charge >= 0.3 is 5.97 Å². The van der Waals surface area contributed by atoms with Crippen LogP contribution >= 0.6 is 0 Å². The van der Waals surface area contributed by atoms with Gasteiger partial charge in [-0.15, -0.1) is 0 Å². The molecule has 2 heterocycles. The number of carbonyl (C=O) groups is 2. The maximum Gasteiger partial charge on any atom is 0.308 e. The van der Waals surface area contributed by atoms with Crippen molar-refractivity contribution in [3.05, 3.63) is 17.0 Å². The van der Waals surface area contributed by atoms with Crippen molar-refractivity contribution in [2.75, 3.05) is 13.1 Å². The zero-order chi connectivity index (χ0) is 13.3. The lowest BCUT2D eigenvalue weighted by atomic mass is 10.1. The number of nitrogens with zero attached hydrogens (tertiary/aromatic N) is 2. The molecule has 1 aromatic heterocycles. The molecule has 0 radical (unpaired) electrons. The average Bonchev–Trinajstić information content (AvgIpc) is 2.94. The molecule has 1 fully saturated rings. The fraction of sp³-hybridized carbons (Fsp3) is 0.583. The Kier molecular flexibility index (Phi) is 3.36. The number of hydrogen-bond donors (Lipinski definition) is 1. The number of carboxylic acids is 1. The largest absolute Gasteiger partial charge is 0.481 e.